The van der Waals surface area contributed by atoms with Gasteiger partial charge in [0.25, 0.3) is 5.91 Å². The first-order valence-corrected chi connectivity index (χ1v) is 10.3. The largest absolute Gasteiger partial charge is 0.493 e. The van der Waals surface area contributed by atoms with Gasteiger partial charge in [0.15, 0.2) is 18.1 Å². The second-order valence-electron chi connectivity index (χ2n) is 7.18. The predicted molar refractivity (Wildman–Crippen MR) is 118 cm³/mol. The Kier molecular flexibility index (Phi) is 7.85. The van der Waals surface area contributed by atoms with Crippen molar-refractivity contribution in [1.29, 1.82) is 0 Å². The van der Waals surface area contributed by atoms with Crippen LogP contribution in [-0.2, 0) is 25.5 Å². The Hall–Kier alpha value is -4.08. The quantitative estimate of drug-likeness (QED) is 0.548. The van der Waals surface area contributed by atoms with Crippen molar-refractivity contribution in [1.82, 2.24) is 10.7 Å². The Labute approximate surface area is 190 Å². The molecule has 0 atom stereocenters. The smallest absolute Gasteiger partial charge is 0.338 e. The van der Waals surface area contributed by atoms with Crippen LogP contribution in [0.3, 0.4) is 0 Å². The van der Waals surface area contributed by atoms with Crippen molar-refractivity contribution < 1.29 is 33.4 Å². The van der Waals surface area contributed by atoms with Gasteiger partial charge >= 0.3 is 5.97 Å². The summed E-state index contributed by atoms with van der Waals surface area (Å²) in [6.45, 7) is -0.0661. The van der Waals surface area contributed by atoms with Gasteiger partial charge in [-0.25, -0.2) is 9.80 Å². The number of anilines is 1. The van der Waals surface area contributed by atoms with Crippen molar-refractivity contribution in [2.45, 2.75) is 19.3 Å². The molecule has 1 fully saturated rings. The fourth-order valence-electron chi connectivity index (χ4n) is 3.18. The Morgan fingerprint density at radius 1 is 1.00 bits per heavy atom. The first kappa shape index (κ1) is 23.6. The highest BCUT2D eigenvalue weighted by atomic mass is 16.5. The van der Waals surface area contributed by atoms with E-state index in [0.717, 1.165) is 10.6 Å². The number of rotatable bonds is 9. The van der Waals surface area contributed by atoms with Gasteiger partial charge in [-0.05, 0) is 48.4 Å². The molecule has 0 aromatic heterocycles. The highest BCUT2D eigenvalue weighted by Gasteiger charge is 2.24. The van der Waals surface area contributed by atoms with Crippen LogP contribution in [0.5, 0.6) is 11.5 Å². The van der Waals surface area contributed by atoms with Crippen LogP contribution in [0.4, 0.5) is 5.69 Å². The molecule has 3 rings (SSSR count). The minimum Gasteiger partial charge on any atom is -0.493 e. The standard InChI is InChI=1S/C23H25N3O7/c1-31-18-8-3-15(13-19(18)32-2)11-12-24-21(28)14-33-23(30)16-4-6-17(7-5-16)26-22(29)10-9-20(27)25-26/h3-8,13H,9-12,14H2,1-2H3,(H,24,28)(H,25,27). The summed E-state index contributed by atoms with van der Waals surface area (Å²) in [6.07, 6.45) is 0.833. The van der Waals surface area contributed by atoms with E-state index in [0.29, 0.717) is 30.2 Å². The van der Waals surface area contributed by atoms with Crippen molar-refractivity contribution >= 4 is 29.4 Å². The third kappa shape index (κ3) is 6.22. The molecule has 2 aromatic rings. The van der Waals surface area contributed by atoms with Crippen molar-refractivity contribution in [2.75, 3.05) is 32.4 Å². The van der Waals surface area contributed by atoms with Gasteiger partial charge in [-0.3, -0.25) is 19.8 Å². The van der Waals surface area contributed by atoms with Gasteiger partial charge in [-0.2, -0.15) is 0 Å². The van der Waals surface area contributed by atoms with E-state index >= 15 is 0 Å². The van der Waals surface area contributed by atoms with Crippen molar-refractivity contribution in [3.05, 3.63) is 53.6 Å². The molecule has 174 valence electrons. The molecule has 2 N–H and O–H groups in total. The zero-order valence-electron chi connectivity index (χ0n) is 18.4. The Bertz CT molecular complexity index is 1040. The number of ether oxygens (including phenoxy) is 3. The number of hydrazine groups is 1. The second kappa shape index (κ2) is 11.0. The third-order valence-corrected chi connectivity index (χ3v) is 4.93. The third-order valence-electron chi connectivity index (χ3n) is 4.93. The monoisotopic (exact) mass is 455 g/mol. The summed E-state index contributed by atoms with van der Waals surface area (Å²) in [7, 11) is 3.11. The summed E-state index contributed by atoms with van der Waals surface area (Å²) >= 11 is 0. The number of nitrogens with zero attached hydrogens (tertiary/aromatic N) is 1. The molecule has 0 unspecified atom stereocenters. The van der Waals surface area contributed by atoms with Gasteiger partial charge in [-0.15, -0.1) is 0 Å². The van der Waals surface area contributed by atoms with Gasteiger partial charge in [0, 0.05) is 19.4 Å². The molecular formula is C23H25N3O7. The van der Waals surface area contributed by atoms with Crippen molar-refractivity contribution in [3.8, 4) is 11.5 Å². The number of hydrogen-bond acceptors (Lipinski definition) is 7. The summed E-state index contributed by atoms with van der Waals surface area (Å²) in [4.78, 5) is 47.6. The number of carbonyl (C=O) groups excluding carboxylic acids is 4. The van der Waals surface area contributed by atoms with Crippen LogP contribution in [0.15, 0.2) is 42.5 Å². The van der Waals surface area contributed by atoms with Gasteiger partial charge in [0.2, 0.25) is 11.8 Å². The van der Waals surface area contributed by atoms with E-state index in [4.69, 9.17) is 14.2 Å². The van der Waals surface area contributed by atoms with E-state index in [-0.39, 0.29) is 30.2 Å². The molecule has 33 heavy (non-hydrogen) atoms. The molecule has 0 radical (unpaired) electrons. The summed E-state index contributed by atoms with van der Waals surface area (Å²) in [5.41, 5.74) is 4.07. The molecule has 1 aliphatic rings. The molecule has 1 aliphatic heterocycles. The van der Waals surface area contributed by atoms with E-state index in [1.807, 2.05) is 12.1 Å². The molecule has 0 aliphatic carbocycles. The van der Waals surface area contributed by atoms with Crippen LogP contribution >= 0.6 is 0 Å². The van der Waals surface area contributed by atoms with E-state index in [2.05, 4.69) is 10.7 Å². The van der Waals surface area contributed by atoms with Crippen LogP contribution in [0, 0.1) is 0 Å². The van der Waals surface area contributed by atoms with E-state index in [1.165, 1.54) is 24.3 Å². The number of nitrogens with one attached hydrogen (secondary N) is 2. The van der Waals surface area contributed by atoms with Crippen LogP contribution in [0.1, 0.15) is 28.8 Å². The van der Waals surface area contributed by atoms with E-state index in [1.54, 1.807) is 20.3 Å². The average Bonchev–Trinajstić information content (AvgIpc) is 2.84. The predicted octanol–water partition coefficient (Wildman–Crippen LogP) is 1.38. The summed E-state index contributed by atoms with van der Waals surface area (Å²) < 4.78 is 15.5. The summed E-state index contributed by atoms with van der Waals surface area (Å²) in [5, 5.41) is 3.84. The number of methoxy groups -OCH3 is 2. The van der Waals surface area contributed by atoms with Crippen LogP contribution in [0.25, 0.3) is 0 Å². The number of hydrogen-bond donors (Lipinski definition) is 2. The second-order valence-corrected chi connectivity index (χ2v) is 7.18. The van der Waals surface area contributed by atoms with Crippen molar-refractivity contribution in [3.63, 3.8) is 0 Å². The molecule has 1 heterocycles. The first-order valence-electron chi connectivity index (χ1n) is 10.3. The molecule has 0 saturated carbocycles. The Morgan fingerprint density at radius 2 is 1.73 bits per heavy atom. The van der Waals surface area contributed by atoms with Crippen molar-refractivity contribution in [2.24, 2.45) is 0 Å². The average molecular weight is 455 g/mol. The highest BCUT2D eigenvalue weighted by molar-refractivity contribution is 6.01. The number of amides is 3. The van der Waals surface area contributed by atoms with Gasteiger partial charge < -0.3 is 19.5 Å². The maximum atomic E-state index is 12.2. The van der Waals surface area contributed by atoms with E-state index < -0.39 is 18.5 Å². The lowest BCUT2D eigenvalue weighted by Crippen LogP contribution is -2.50. The zero-order valence-corrected chi connectivity index (χ0v) is 18.4. The molecule has 1 saturated heterocycles. The molecule has 10 nitrogen and oxygen atoms in total. The fourth-order valence-corrected chi connectivity index (χ4v) is 3.18. The summed E-state index contributed by atoms with van der Waals surface area (Å²) in [6, 6.07) is 11.4. The lowest BCUT2D eigenvalue weighted by Gasteiger charge is -2.27. The molecule has 0 bridgehead atoms. The number of esters is 1. The normalized spacial score (nSPS) is 13.2. The summed E-state index contributed by atoms with van der Waals surface area (Å²) in [5.74, 6) is -0.372. The molecular weight excluding hydrogens is 430 g/mol. The minimum atomic E-state index is -0.675. The lowest BCUT2D eigenvalue weighted by molar-refractivity contribution is -0.130. The molecule has 3 amide bonds. The van der Waals surface area contributed by atoms with E-state index in [9.17, 15) is 19.2 Å². The maximum absolute atomic E-state index is 12.2. The van der Waals surface area contributed by atoms with Gasteiger partial charge in [-0.1, -0.05) is 6.07 Å². The molecule has 10 heteroatoms. The minimum absolute atomic E-state index is 0.122. The number of carbonyl (C=O) groups is 4. The zero-order chi connectivity index (χ0) is 23.8. The lowest BCUT2D eigenvalue weighted by atomic mass is 10.1. The molecule has 0 spiro atoms. The Balaban J connectivity index is 1.44. The van der Waals surface area contributed by atoms with Gasteiger partial charge in [0.1, 0.15) is 0 Å². The Morgan fingerprint density at radius 3 is 2.42 bits per heavy atom. The highest BCUT2D eigenvalue weighted by Crippen LogP contribution is 2.27. The molecule has 2 aromatic carbocycles. The van der Waals surface area contributed by atoms with Gasteiger partial charge in [0.05, 0.1) is 25.5 Å². The van der Waals surface area contributed by atoms with Crippen LogP contribution < -0.4 is 25.2 Å². The SMILES string of the molecule is COc1ccc(CCNC(=O)COC(=O)c2ccc(N3NC(=O)CCC3=O)cc2)cc1OC. The first-order chi connectivity index (χ1) is 15.9. The van der Waals surface area contributed by atoms with Crippen LogP contribution in [0.2, 0.25) is 0 Å². The van der Waals surface area contributed by atoms with Crippen LogP contribution in [-0.4, -0.2) is 51.1 Å². The fraction of sp³-hybridized carbons (Fsp3) is 0.304. The topological polar surface area (TPSA) is 123 Å². The number of benzene rings is 2. The maximum Gasteiger partial charge on any atom is 0.338 e.